The lowest BCUT2D eigenvalue weighted by molar-refractivity contribution is 0.0602. The van der Waals surface area contributed by atoms with Crippen LogP contribution in [0.4, 0.5) is 0 Å². The molecular weight excluding hydrogens is 344 g/mol. The van der Waals surface area contributed by atoms with Crippen molar-refractivity contribution in [2.75, 3.05) is 14.2 Å². The molecule has 1 aromatic heterocycles. The highest BCUT2D eigenvalue weighted by molar-refractivity contribution is 6.16. The van der Waals surface area contributed by atoms with E-state index in [1.54, 1.807) is 49.6 Å². The van der Waals surface area contributed by atoms with E-state index < -0.39 is 5.97 Å². The van der Waals surface area contributed by atoms with Gasteiger partial charge < -0.3 is 13.9 Å². The summed E-state index contributed by atoms with van der Waals surface area (Å²) in [5.41, 5.74) is 2.67. The fourth-order valence-corrected chi connectivity index (χ4v) is 3.18. The topological polar surface area (TPSA) is 65.7 Å². The van der Waals surface area contributed by atoms with E-state index in [0.717, 1.165) is 5.39 Å². The van der Waals surface area contributed by atoms with Crippen LogP contribution in [0.3, 0.4) is 0 Å². The van der Waals surface area contributed by atoms with E-state index in [2.05, 4.69) is 0 Å². The zero-order valence-electron chi connectivity index (χ0n) is 14.8. The predicted molar refractivity (Wildman–Crippen MR) is 101 cm³/mol. The zero-order valence-corrected chi connectivity index (χ0v) is 14.8. The Bertz CT molecular complexity index is 1140. The van der Waals surface area contributed by atoms with Gasteiger partial charge in [0, 0.05) is 10.9 Å². The molecule has 0 aliphatic heterocycles. The second kappa shape index (κ2) is 6.61. The summed E-state index contributed by atoms with van der Waals surface area (Å²) in [6.07, 6.45) is 0. The lowest BCUT2D eigenvalue weighted by atomic mass is 10.0. The fraction of sp³-hybridized carbons (Fsp3) is 0.0909. The summed E-state index contributed by atoms with van der Waals surface area (Å²) in [7, 11) is 2.90. The Morgan fingerprint density at radius 1 is 0.852 bits per heavy atom. The Balaban J connectivity index is 1.85. The van der Waals surface area contributed by atoms with Gasteiger partial charge in [0.2, 0.25) is 5.78 Å². The normalized spacial score (nSPS) is 10.9. The first-order valence-electron chi connectivity index (χ1n) is 8.34. The number of carbonyl (C=O) groups excluding carboxylic acids is 2. The van der Waals surface area contributed by atoms with Crippen LogP contribution in [0.25, 0.3) is 22.1 Å². The largest absolute Gasteiger partial charge is 0.497 e. The zero-order chi connectivity index (χ0) is 19.0. The van der Waals surface area contributed by atoms with E-state index in [-0.39, 0.29) is 11.5 Å². The molecule has 0 amide bonds. The summed E-state index contributed by atoms with van der Waals surface area (Å²) in [6.45, 7) is 0. The first kappa shape index (κ1) is 16.8. The highest BCUT2D eigenvalue weighted by Gasteiger charge is 2.26. The first-order chi connectivity index (χ1) is 13.1. The van der Waals surface area contributed by atoms with Crippen LogP contribution in [0.2, 0.25) is 0 Å². The van der Waals surface area contributed by atoms with Gasteiger partial charge in [0.1, 0.15) is 11.3 Å². The standard InChI is InChI=1S/C22H16O5/c1-25-14-8-9-19-13(10-14)11-20(27-19)21(23)17-12-18(22(24)26-2)16-7-5-3-4-6-15(16)17/h3-12H,1-2H3. The number of fused-ring (bicyclic) bond motifs is 2. The van der Waals surface area contributed by atoms with Crippen LogP contribution in [0.1, 0.15) is 26.5 Å². The second-order valence-corrected chi connectivity index (χ2v) is 6.04. The molecule has 1 heterocycles. The highest BCUT2D eigenvalue weighted by Crippen LogP contribution is 2.35. The van der Waals surface area contributed by atoms with Gasteiger partial charge >= 0.3 is 5.97 Å². The van der Waals surface area contributed by atoms with Crippen LogP contribution in [0.5, 0.6) is 5.75 Å². The molecule has 4 rings (SSSR count). The Morgan fingerprint density at radius 2 is 1.59 bits per heavy atom. The third kappa shape index (κ3) is 2.83. The van der Waals surface area contributed by atoms with E-state index in [4.69, 9.17) is 13.9 Å². The van der Waals surface area contributed by atoms with Crippen molar-refractivity contribution in [3.63, 3.8) is 0 Å². The number of hydrogen-bond donors (Lipinski definition) is 0. The van der Waals surface area contributed by atoms with E-state index in [1.165, 1.54) is 7.11 Å². The number of ketones is 1. The molecule has 5 nitrogen and oxygen atoms in total. The molecule has 0 saturated carbocycles. The van der Waals surface area contributed by atoms with Crippen LogP contribution < -0.4 is 4.74 Å². The van der Waals surface area contributed by atoms with Crippen molar-refractivity contribution in [2.24, 2.45) is 0 Å². The number of carbonyl (C=O) groups is 2. The molecule has 0 unspecified atom stereocenters. The van der Waals surface area contributed by atoms with Crippen molar-refractivity contribution in [3.8, 4) is 16.9 Å². The summed E-state index contributed by atoms with van der Waals surface area (Å²) in [5, 5.41) is 0.771. The molecule has 0 saturated heterocycles. The lowest BCUT2D eigenvalue weighted by Crippen LogP contribution is -2.00. The summed E-state index contributed by atoms with van der Waals surface area (Å²) in [5.74, 6) is 0.102. The molecule has 0 atom stereocenters. The average molecular weight is 360 g/mol. The number of benzene rings is 1. The predicted octanol–water partition coefficient (Wildman–Crippen LogP) is 4.56. The number of ether oxygens (including phenoxy) is 2. The number of esters is 1. The van der Waals surface area contributed by atoms with Crippen LogP contribution in [0.15, 0.2) is 65.1 Å². The van der Waals surface area contributed by atoms with Crippen LogP contribution >= 0.6 is 0 Å². The number of hydrogen-bond acceptors (Lipinski definition) is 5. The van der Waals surface area contributed by atoms with Gasteiger partial charge in [0.25, 0.3) is 0 Å². The van der Waals surface area contributed by atoms with E-state index >= 15 is 0 Å². The third-order valence-corrected chi connectivity index (χ3v) is 4.50. The lowest BCUT2D eigenvalue weighted by Gasteiger charge is -2.00. The maximum atomic E-state index is 13.1. The molecule has 2 aliphatic carbocycles. The molecule has 27 heavy (non-hydrogen) atoms. The van der Waals surface area contributed by atoms with Crippen LogP contribution in [-0.2, 0) is 4.74 Å². The van der Waals surface area contributed by atoms with Gasteiger partial charge in [0.05, 0.1) is 19.8 Å². The van der Waals surface area contributed by atoms with Gasteiger partial charge in [-0.2, -0.15) is 0 Å². The Morgan fingerprint density at radius 3 is 2.30 bits per heavy atom. The average Bonchev–Trinajstić information content (AvgIpc) is 3.19. The quantitative estimate of drug-likeness (QED) is 0.394. The fourth-order valence-electron chi connectivity index (χ4n) is 3.18. The molecule has 0 bridgehead atoms. The van der Waals surface area contributed by atoms with E-state index in [9.17, 15) is 9.59 Å². The minimum absolute atomic E-state index is 0.202. The molecule has 0 spiro atoms. The minimum Gasteiger partial charge on any atom is -0.497 e. The second-order valence-electron chi connectivity index (χ2n) is 6.04. The smallest absolute Gasteiger partial charge is 0.338 e. The van der Waals surface area contributed by atoms with E-state index in [1.807, 2.05) is 18.2 Å². The summed E-state index contributed by atoms with van der Waals surface area (Å²) >= 11 is 0. The summed E-state index contributed by atoms with van der Waals surface area (Å²) in [6, 6.07) is 17.7. The molecule has 0 N–H and O–H groups in total. The van der Waals surface area contributed by atoms with Gasteiger partial charge in [-0.1, -0.05) is 30.3 Å². The van der Waals surface area contributed by atoms with Gasteiger partial charge in [0.15, 0.2) is 5.76 Å². The molecule has 1 aromatic carbocycles. The SMILES string of the molecule is COC(=O)c1cc(C(=O)c2cc3cc(OC)ccc3o2)c2cccccc1-2. The molecule has 0 radical (unpaired) electrons. The third-order valence-electron chi connectivity index (χ3n) is 4.50. The minimum atomic E-state index is -0.486. The van der Waals surface area contributed by atoms with Gasteiger partial charge in [-0.3, -0.25) is 4.79 Å². The van der Waals surface area contributed by atoms with Gasteiger partial charge in [-0.15, -0.1) is 0 Å². The first-order valence-corrected chi connectivity index (χ1v) is 8.34. The summed E-state index contributed by atoms with van der Waals surface area (Å²) in [4.78, 5) is 25.3. The maximum absolute atomic E-state index is 13.1. The Labute approximate surface area is 155 Å². The van der Waals surface area contributed by atoms with Gasteiger partial charge in [-0.25, -0.2) is 4.79 Å². The maximum Gasteiger partial charge on any atom is 0.338 e. The molecule has 0 fully saturated rings. The van der Waals surface area contributed by atoms with E-state index in [0.29, 0.717) is 33.6 Å². The molecule has 134 valence electrons. The Hall–Kier alpha value is -3.60. The van der Waals surface area contributed by atoms with Crippen molar-refractivity contribution < 1.29 is 23.5 Å². The van der Waals surface area contributed by atoms with Crippen molar-refractivity contribution in [2.45, 2.75) is 0 Å². The van der Waals surface area contributed by atoms with Crippen molar-refractivity contribution >= 4 is 22.7 Å². The van der Waals surface area contributed by atoms with Crippen LogP contribution in [-0.4, -0.2) is 26.0 Å². The van der Waals surface area contributed by atoms with Crippen LogP contribution in [0, 0.1) is 0 Å². The molecule has 2 aliphatic rings. The summed E-state index contributed by atoms with van der Waals surface area (Å²) < 4.78 is 15.8. The highest BCUT2D eigenvalue weighted by atomic mass is 16.5. The van der Waals surface area contributed by atoms with Crippen molar-refractivity contribution in [3.05, 3.63) is 77.6 Å². The van der Waals surface area contributed by atoms with Crippen molar-refractivity contribution in [1.29, 1.82) is 0 Å². The number of rotatable bonds is 4. The molecular formula is C22H16O5. The monoisotopic (exact) mass is 360 g/mol. The number of furan rings is 1. The molecule has 2 aromatic rings. The van der Waals surface area contributed by atoms with Crippen molar-refractivity contribution in [1.82, 2.24) is 0 Å². The molecule has 5 heteroatoms. The Kier molecular flexibility index (Phi) is 4.12. The van der Waals surface area contributed by atoms with Gasteiger partial charge in [-0.05, 0) is 41.5 Å². The number of methoxy groups -OCH3 is 2.